The number of amides is 2. The molecule has 1 heterocycles. The van der Waals surface area contributed by atoms with E-state index in [4.69, 9.17) is 0 Å². The molecule has 2 fully saturated rings. The third kappa shape index (κ3) is 3.69. The molecule has 2 rings (SSSR count). The van der Waals surface area contributed by atoms with Gasteiger partial charge in [0.15, 0.2) is 0 Å². The lowest BCUT2D eigenvalue weighted by molar-refractivity contribution is -0.140. The molecule has 1 saturated carbocycles. The molecule has 2 atom stereocenters. The number of hydrogen-bond acceptors (Lipinski definition) is 3. The van der Waals surface area contributed by atoms with Crippen LogP contribution in [-0.2, 0) is 9.59 Å². The lowest BCUT2D eigenvalue weighted by atomic mass is 9.98. The summed E-state index contributed by atoms with van der Waals surface area (Å²) >= 11 is 0. The number of carbonyl (C=O) groups excluding carboxylic acids is 2. The fourth-order valence-electron chi connectivity index (χ4n) is 2.43. The van der Waals surface area contributed by atoms with Crippen LogP contribution in [0.25, 0.3) is 0 Å². The number of piperidine rings is 1. The van der Waals surface area contributed by atoms with Gasteiger partial charge in [-0.05, 0) is 38.5 Å². The smallest absolute Gasteiger partial charge is 0.247 e. The van der Waals surface area contributed by atoms with Crippen LogP contribution in [0.4, 0.5) is 0 Å². The molecule has 0 aromatic heterocycles. The SMILES string of the molecule is CC1CCN(C(=O)C(NC(=O)C2CC2)C(C)O)CC1. The molecule has 1 saturated heterocycles. The van der Waals surface area contributed by atoms with Crippen LogP contribution in [0.15, 0.2) is 0 Å². The molecule has 0 bridgehead atoms. The summed E-state index contributed by atoms with van der Waals surface area (Å²) in [5.41, 5.74) is 0. The van der Waals surface area contributed by atoms with Crippen molar-refractivity contribution in [3.8, 4) is 0 Å². The molecule has 5 nitrogen and oxygen atoms in total. The predicted octanol–water partition coefficient (Wildman–Crippen LogP) is 0.520. The molecule has 19 heavy (non-hydrogen) atoms. The maximum atomic E-state index is 12.4. The van der Waals surface area contributed by atoms with Crippen molar-refractivity contribution in [2.24, 2.45) is 11.8 Å². The van der Waals surface area contributed by atoms with Crippen molar-refractivity contribution in [3.63, 3.8) is 0 Å². The van der Waals surface area contributed by atoms with Crippen LogP contribution in [0.1, 0.15) is 39.5 Å². The van der Waals surface area contributed by atoms with E-state index in [0.29, 0.717) is 5.92 Å². The largest absolute Gasteiger partial charge is 0.391 e. The van der Waals surface area contributed by atoms with E-state index in [-0.39, 0.29) is 17.7 Å². The van der Waals surface area contributed by atoms with E-state index in [1.165, 1.54) is 0 Å². The molecule has 2 unspecified atom stereocenters. The molecular weight excluding hydrogens is 244 g/mol. The summed E-state index contributed by atoms with van der Waals surface area (Å²) in [6.07, 6.45) is 2.93. The van der Waals surface area contributed by atoms with Gasteiger partial charge >= 0.3 is 0 Å². The van der Waals surface area contributed by atoms with Gasteiger partial charge in [-0.1, -0.05) is 6.92 Å². The average Bonchev–Trinajstić information content (AvgIpc) is 3.19. The highest BCUT2D eigenvalue weighted by Gasteiger charge is 2.36. The molecule has 2 amide bonds. The molecule has 2 aliphatic rings. The van der Waals surface area contributed by atoms with Crippen LogP contribution < -0.4 is 5.32 Å². The van der Waals surface area contributed by atoms with Gasteiger partial charge < -0.3 is 15.3 Å². The van der Waals surface area contributed by atoms with Crippen molar-refractivity contribution in [1.82, 2.24) is 10.2 Å². The molecule has 108 valence electrons. The Morgan fingerprint density at radius 3 is 2.26 bits per heavy atom. The molecular formula is C14H24N2O3. The summed E-state index contributed by atoms with van der Waals surface area (Å²) in [6, 6.07) is -0.790. The Morgan fingerprint density at radius 1 is 1.21 bits per heavy atom. The summed E-state index contributed by atoms with van der Waals surface area (Å²) in [4.78, 5) is 25.9. The Hall–Kier alpha value is -1.10. The summed E-state index contributed by atoms with van der Waals surface area (Å²) in [7, 11) is 0. The maximum Gasteiger partial charge on any atom is 0.247 e. The van der Waals surface area contributed by atoms with Crippen LogP contribution in [0.2, 0.25) is 0 Å². The second-order valence-corrected chi connectivity index (χ2v) is 6.01. The molecule has 5 heteroatoms. The Labute approximate surface area is 114 Å². The summed E-state index contributed by atoms with van der Waals surface area (Å²) < 4.78 is 0. The first kappa shape index (κ1) is 14.3. The quantitative estimate of drug-likeness (QED) is 0.781. The summed E-state index contributed by atoms with van der Waals surface area (Å²) in [5, 5.41) is 12.5. The second-order valence-electron chi connectivity index (χ2n) is 6.01. The molecule has 0 aromatic rings. The van der Waals surface area contributed by atoms with Gasteiger partial charge in [0.1, 0.15) is 6.04 Å². The molecule has 1 aliphatic carbocycles. The first-order valence-electron chi connectivity index (χ1n) is 7.26. The van der Waals surface area contributed by atoms with Crippen molar-refractivity contribution in [1.29, 1.82) is 0 Å². The van der Waals surface area contributed by atoms with Gasteiger partial charge in [0.25, 0.3) is 0 Å². The third-order valence-corrected chi connectivity index (χ3v) is 4.09. The number of nitrogens with one attached hydrogen (secondary N) is 1. The number of rotatable bonds is 4. The van der Waals surface area contributed by atoms with Crippen LogP contribution in [0.5, 0.6) is 0 Å². The van der Waals surface area contributed by atoms with Gasteiger partial charge in [0.05, 0.1) is 6.10 Å². The Kier molecular flexibility index (Phi) is 4.45. The first-order chi connectivity index (χ1) is 8.99. The van der Waals surface area contributed by atoms with E-state index in [9.17, 15) is 14.7 Å². The van der Waals surface area contributed by atoms with E-state index in [1.807, 2.05) is 0 Å². The van der Waals surface area contributed by atoms with Crippen LogP contribution in [0, 0.1) is 11.8 Å². The fourth-order valence-corrected chi connectivity index (χ4v) is 2.43. The van der Waals surface area contributed by atoms with E-state index in [0.717, 1.165) is 38.8 Å². The zero-order chi connectivity index (χ0) is 14.0. The number of nitrogens with zero attached hydrogens (tertiary/aromatic N) is 1. The Bertz CT molecular complexity index is 345. The highest BCUT2D eigenvalue weighted by Crippen LogP contribution is 2.29. The number of aliphatic hydroxyl groups excluding tert-OH is 1. The Morgan fingerprint density at radius 2 is 1.79 bits per heavy atom. The monoisotopic (exact) mass is 268 g/mol. The van der Waals surface area contributed by atoms with Gasteiger partial charge in [0.2, 0.25) is 11.8 Å². The highest BCUT2D eigenvalue weighted by molar-refractivity contribution is 5.89. The van der Waals surface area contributed by atoms with Gasteiger partial charge in [-0.15, -0.1) is 0 Å². The predicted molar refractivity (Wildman–Crippen MR) is 71.3 cm³/mol. The summed E-state index contributed by atoms with van der Waals surface area (Å²) in [5.74, 6) is 0.464. The van der Waals surface area contributed by atoms with E-state index < -0.39 is 12.1 Å². The molecule has 0 radical (unpaired) electrons. The topological polar surface area (TPSA) is 69.6 Å². The minimum atomic E-state index is -0.852. The minimum Gasteiger partial charge on any atom is -0.391 e. The van der Waals surface area contributed by atoms with E-state index >= 15 is 0 Å². The van der Waals surface area contributed by atoms with Gasteiger partial charge in [0, 0.05) is 19.0 Å². The fraction of sp³-hybridized carbons (Fsp3) is 0.857. The van der Waals surface area contributed by atoms with E-state index in [1.54, 1.807) is 11.8 Å². The van der Waals surface area contributed by atoms with Crippen molar-refractivity contribution < 1.29 is 14.7 Å². The van der Waals surface area contributed by atoms with Gasteiger partial charge in [-0.3, -0.25) is 9.59 Å². The molecule has 2 N–H and O–H groups in total. The normalized spacial score (nSPS) is 23.8. The van der Waals surface area contributed by atoms with Crippen molar-refractivity contribution in [3.05, 3.63) is 0 Å². The third-order valence-electron chi connectivity index (χ3n) is 4.09. The zero-order valence-electron chi connectivity index (χ0n) is 11.8. The lowest BCUT2D eigenvalue weighted by Crippen LogP contribution is -2.55. The molecule has 1 aliphatic heterocycles. The average molecular weight is 268 g/mol. The number of likely N-dealkylation sites (tertiary alicyclic amines) is 1. The first-order valence-corrected chi connectivity index (χ1v) is 7.26. The lowest BCUT2D eigenvalue weighted by Gasteiger charge is -2.34. The molecule has 0 spiro atoms. The highest BCUT2D eigenvalue weighted by atomic mass is 16.3. The van der Waals surface area contributed by atoms with Gasteiger partial charge in [-0.2, -0.15) is 0 Å². The number of aliphatic hydroxyl groups is 1. The van der Waals surface area contributed by atoms with Crippen molar-refractivity contribution >= 4 is 11.8 Å². The van der Waals surface area contributed by atoms with Crippen LogP contribution in [-0.4, -0.2) is 47.1 Å². The number of carbonyl (C=O) groups is 2. The van der Waals surface area contributed by atoms with Crippen molar-refractivity contribution in [2.45, 2.75) is 51.7 Å². The van der Waals surface area contributed by atoms with E-state index in [2.05, 4.69) is 12.2 Å². The maximum absolute atomic E-state index is 12.4. The second kappa shape index (κ2) is 5.90. The standard InChI is InChI=1S/C14H24N2O3/c1-9-5-7-16(8-6-9)14(19)12(10(2)17)15-13(18)11-3-4-11/h9-12,17H,3-8H2,1-2H3,(H,15,18). The van der Waals surface area contributed by atoms with Crippen LogP contribution >= 0.6 is 0 Å². The molecule has 0 aromatic carbocycles. The Balaban J connectivity index is 1.93. The van der Waals surface area contributed by atoms with Gasteiger partial charge in [-0.25, -0.2) is 0 Å². The van der Waals surface area contributed by atoms with Crippen molar-refractivity contribution in [2.75, 3.05) is 13.1 Å². The summed E-state index contributed by atoms with van der Waals surface area (Å²) in [6.45, 7) is 5.19. The number of hydrogen-bond donors (Lipinski definition) is 2. The van der Waals surface area contributed by atoms with Crippen LogP contribution in [0.3, 0.4) is 0 Å². The minimum absolute atomic E-state index is 0.0513. The zero-order valence-corrected chi connectivity index (χ0v) is 11.8.